The maximum atomic E-state index is 14.0. The molecule has 2 aliphatic heterocycles. The van der Waals surface area contributed by atoms with Gasteiger partial charge in [0.05, 0.1) is 6.04 Å². The van der Waals surface area contributed by atoms with E-state index >= 15 is 0 Å². The quantitative estimate of drug-likeness (QED) is 0.548. The predicted octanol–water partition coefficient (Wildman–Crippen LogP) is 4.87. The topological polar surface area (TPSA) is 43.9 Å². The number of hydrogen-bond donors (Lipinski definition) is 0. The molecule has 1 atom stereocenters. The van der Waals surface area contributed by atoms with E-state index in [9.17, 15) is 14.0 Å². The lowest BCUT2D eigenvalue weighted by Gasteiger charge is -2.38. The van der Waals surface area contributed by atoms with Crippen LogP contribution in [0.25, 0.3) is 0 Å². The van der Waals surface area contributed by atoms with Crippen molar-refractivity contribution in [3.8, 4) is 0 Å². The highest BCUT2D eigenvalue weighted by Gasteiger charge is 2.31. The van der Waals surface area contributed by atoms with Gasteiger partial charge in [-0.1, -0.05) is 37.8 Å². The van der Waals surface area contributed by atoms with Crippen LogP contribution in [0.5, 0.6) is 0 Å². The van der Waals surface area contributed by atoms with Gasteiger partial charge >= 0.3 is 0 Å². The summed E-state index contributed by atoms with van der Waals surface area (Å²) in [4.78, 5) is 33.2. The van der Waals surface area contributed by atoms with Crippen molar-refractivity contribution in [3.63, 3.8) is 0 Å². The molecule has 1 aromatic carbocycles. The van der Waals surface area contributed by atoms with Crippen LogP contribution in [0.15, 0.2) is 35.7 Å². The van der Waals surface area contributed by atoms with Gasteiger partial charge in [-0.05, 0) is 53.5 Å². The average Bonchev–Trinajstić information content (AvgIpc) is 3.57. The predicted molar refractivity (Wildman–Crippen MR) is 137 cm³/mol. The van der Waals surface area contributed by atoms with Crippen molar-refractivity contribution >= 4 is 23.2 Å². The molecule has 0 radical (unpaired) electrons. The van der Waals surface area contributed by atoms with Crippen molar-refractivity contribution in [1.29, 1.82) is 0 Å². The molecule has 5 rings (SSSR count). The molecule has 1 aliphatic carbocycles. The highest BCUT2D eigenvalue weighted by atomic mass is 32.1. The first-order chi connectivity index (χ1) is 17.1. The molecule has 1 aromatic heterocycles. The number of benzene rings is 1. The summed E-state index contributed by atoms with van der Waals surface area (Å²) in [6.45, 7) is 4.04. The van der Waals surface area contributed by atoms with Gasteiger partial charge in [-0.25, -0.2) is 4.39 Å². The van der Waals surface area contributed by atoms with Crippen molar-refractivity contribution < 1.29 is 14.0 Å². The molecule has 188 valence electrons. The van der Waals surface area contributed by atoms with Crippen LogP contribution < -0.4 is 0 Å². The fourth-order valence-electron chi connectivity index (χ4n) is 6.06. The molecular weight excluding hydrogens is 461 g/mol. The van der Waals surface area contributed by atoms with Crippen molar-refractivity contribution in [1.82, 2.24) is 14.7 Å². The van der Waals surface area contributed by atoms with Gasteiger partial charge < -0.3 is 9.80 Å². The van der Waals surface area contributed by atoms with Crippen LogP contribution in [0.3, 0.4) is 0 Å². The number of carbonyl (C=O) groups is 2. The maximum absolute atomic E-state index is 14.0. The summed E-state index contributed by atoms with van der Waals surface area (Å²) in [6, 6.07) is 8.99. The van der Waals surface area contributed by atoms with Crippen LogP contribution in [0.4, 0.5) is 4.39 Å². The standard InChI is InChI=1S/C28H36FN3O2S/c29-23-7-3-6-22(20-23)28-24-12-19-35-25(24)10-13-32(28)14-11-27(34)31-17-15-30(16-18-31)26(33)9-8-21-4-1-2-5-21/h3,6-7,12,19-21,28H,1-2,4-5,8-11,13-18H2. The Morgan fingerprint density at radius 3 is 2.37 bits per heavy atom. The highest BCUT2D eigenvalue weighted by molar-refractivity contribution is 7.10. The van der Waals surface area contributed by atoms with Crippen molar-refractivity contribution in [2.45, 2.75) is 57.4 Å². The summed E-state index contributed by atoms with van der Waals surface area (Å²) in [6.07, 6.45) is 8.27. The molecular formula is C28H36FN3O2S. The van der Waals surface area contributed by atoms with E-state index in [4.69, 9.17) is 0 Å². The number of thiophene rings is 1. The Labute approximate surface area is 211 Å². The van der Waals surface area contributed by atoms with Crippen LogP contribution in [-0.2, 0) is 16.0 Å². The molecule has 3 aliphatic rings. The third kappa shape index (κ3) is 5.78. The zero-order chi connectivity index (χ0) is 24.2. The van der Waals surface area contributed by atoms with Gasteiger partial charge in [-0.3, -0.25) is 14.5 Å². The van der Waals surface area contributed by atoms with E-state index in [0.29, 0.717) is 45.6 Å². The molecule has 1 unspecified atom stereocenters. The smallest absolute Gasteiger partial charge is 0.223 e. The largest absolute Gasteiger partial charge is 0.339 e. The Morgan fingerprint density at radius 1 is 0.943 bits per heavy atom. The Balaban J connectivity index is 1.13. The second-order valence-corrected chi connectivity index (χ2v) is 11.2. The highest BCUT2D eigenvalue weighted by Crippen LogP contribution is 2.38. The number of fused-ring (bicyclic) bond motifs is 1. The van der Waals surface area contributed by atoms with Gasteiger partial charge in [0.15, 0.2) is 0 Å². The Bertz CT molecular complexity index is 1030. The molecule has 7 heteroatoms. The van der Waals surface area contributed by atoms with Crippen LogP contribution >= 0.6 is 11.3 Å². The van der Waals surface area contributed by atoms with Crippen LogP contribution in [0, 0.1) is 11.7 Å². The zero-order valence-electron chi connectivity index (χ0n) is 20.5. The minimum Gasteiger partial charge on any atom is -0.339 e. The molecule has 2 amide bonds. The summed E-state index contributed by atoms with van der Waals surface area (Å²) in [5.74, 6) is 0.911. The van der Waals surface area contributed by atoms with E-state index in [1.807, 2.05) is 15.9 Å². The van der Waals surface area contributed by atoms with Crippen LogP contribution in [0.1, 0.15) is 67.0 Å². The minimum absolute atomic E-state index is 0.0113. The van der Waals surface area contributed by atoms with Gasteiger partial charge in [-0.2, -0.15) is 0 Å². The first-order valence-electron chi connectivity index (χ1n) is 13.2. The van der Waals surface area contributed by atoms with Crippen molar-refractivity contribution in [2.75, 3.05) is 39.3 Å². The number of amides is 2. The number of hydrogen-bond acceptors (Lipinski definition) is 4. The molecule has 0 spiro atoms. The average molecular weight is 498 g/mol. The number of carbonyl (C=O) groups excluding carboxylic acids is 2. The summed E-state index contributed by atoms with van der Waals surface area (Å²) < 4.78 is 14.0. The molecule has 3 heterocycles. The van der Waals surface area contributed by atoms with Crippen LogP contribution in [-0.4, -0.2) is 65.8 Å². The lowest BCUT2D eigenvalue weighted by Crippen LogP contribution is -2.51. The van der Waals surface area contributed by atoms with E-state index in [2.05, 4.69) is 16.3 Å². The lowest BCUT2D eigenvalue weighted by atomic mass is 9.93. The van der Waals surface area contributed by atoms with E-state index in [-0.39, 0.29) is 23.7 Å². The fraction of sp³-hybridized carbons (Fsp3) is 0.571. The number of halogens is 1. The first-order valence-corrected chi connectivity index (χ1v) is 14.1. The molecule has 2 aromatic rings. The van der Waals surface area contributed by atoms with Gasteiger partial charge in [0, 0.05) is 57.0 Å². The summed E-state index contributed by atoms with van der Waals surface area (Å²) in [7, 11) is 0. The molecule has 1 saturated heterocycles. The zero-order valence-corrected chi connectivity index (χ0v) is 21.3. The maximum Gasteiger partial charge on any atom is 0.223 e. The second-order valence-electron chi connectivity index (χ2n) is 10.2. The van der Waals surface area contributed by atoms with E-state index < -0.39 is 0 Å². The van der Waals surface area contributed by atoms with Gasteiger partial charge in [0.2, 0.25) is 11.8 Å². The van der Waals surface area contributed by atoms with Gasteiger partial charge in [0.25, 0.3) is 0 Å². The third-order valence-electron chi connectivity index (χ3n) is 8.07. The molecule has 2 fully saturated rings. The monoisotopic (exact) mass is 497 g/mol. The number of rotatable bonds is 7. The summed E-state index contributed by atoms with van der Waals surface area (Å²) in [5, 5.41) is 2.11. The van der Waals surface area contributed by atoms with Gasteiger partial charge in [-0.15, -0.1) is 11.3 Å². The molecule has 5 nitrogen and oxygen atoms in total. The normalized spacial score (nSPS) is 21.3. The Kier molecular flexibility index (Phi) is 7.83. The second kappa shape index (κ2) is 11.2. The SMILES string of the molecule is O=C(CCC1CCCC1)N1CCN(C(=O)CCN2CCc3sccc3C2c2cccc(F)c2)CC1. The minimum atomic E-state index is -0.225. The fourth-order valence-corrected chi connectivity index (χ4v) is 6.97. The molecule has 0 N–H and O–H groups in total. The number of nitrogens with zero attached hydrogens (tertiary/aromatic N) is 3. The Hall–Kier alpha value is -2.25. The van der Waals surface area contributed by atoms with Crippen molar-refractivity contribution in [2.24, 2.45) is 5.92 Å². The summed E-state index contributed by atoms with van der Waals surface area (Å²) in [5.41, 5.74) is 2.19. The molecule has 35 heavy (non-hydrogen) atoms. The van der Waals surface area contributed by atoms with Gasteiger partial charge in [0.1, 0.15) is 5.82 Å². The molecule has 0 bridgehead atoms. The summed E-state index contributed by atoms with van der Waals surface area (Å²) >= 11 is 1.76. The van der Waals surface area contributed by atoms with E-state index in [1.165, 1.54) is 42.2 Å². The van der Waals surface area contributed by atoms with E-state index in [0.717, 1.165) is 30.9 Å². The Morgan fingerprint density at radius 2 is 1.66 bits per heavy atom. The molecule has 1 saturated carbocycles. The first kappa shape index (κ1) is 24.4. The lowest BCUT2D eigenvalue weighted by molar-refractivity contribution is -0.140. The van der Waals surface area contributed by atoms with E-state index in [1.54, 1.807) is 23.5 Å². The third-order valence-corrected chi connectivity index (χ3v) is 9.07. The van der Waals surface area contributed by atoms with Crippen LogP contribution in [0.2, 0.25) is 0 Å². The van der Waals surface area contributed by atoms with Crippen molar-refractivity contribution in [3.05, 3.63) is 57.5 Å². The number of piperazine rings is 1.